The van der Waals surface area contributed by atoms with Crippen molar-refractivity contribution in [2.75, 3.05) is 0 Å². The molecule has 0 heterocycles. The van der Waals surface area contributed by atoms with Gasteiger partial charge in [0.25, 0.3) is 0 Å². The van der Waals surface area contributed by atoms with Crippen LogP contribution in [-0.2, 0) is 0 Å². The van der Waals surface area contributed by atoms with Gasteiger partial charge in [0.2, 0.25) is 0 Å². The highest BCUT2D eigenvalue weighted by atomic mass is 19.1. The van der Waals surface area contributed by atoms with E-state index in [1.807, 2.05) is 12.1 Å². The average molecular weight is 300 g/mol. The van der Waals surface area contributed by atoms with Crippen molar-refractivity contribution in [3.8, 4) is 12.1 Å². The quantitative estimate of drug-likeness (QED) is 0.393. The molecule has 0 radical (unpaired) electrons. The summed E-state index contributed by atoms with van der Waals surface area (Å²) in [4.78, 5) is 0. The largest absolute Gasteiger partial charge is 0.144 e. The van der Waals surface area contributed by atoms with Crippen molar-refractivity contribution < 1.29 is 4.39 Å². The second-order valence-electron chi connectivity index (χ2n) is 6.76. The Balaban J connectivity index is 1.71. The lowest BCUT2D eigenvalue weighted by atomic mass is 9.77. The van der Waals surface area contributed by atoms with Crippen molar-refractivity contribution in [2.24, 2.45) is 5.92 Å². The van der Waals surface area contributed by atoms with Gasteiger partial charge in [-0.1, -0.05) is 57.6 Å². The Hall–Kier alpha value is -1.29. The molecule has 1 saturated carbocycles. The van der Waals surface area contributed by atoms with E-state index in [-0.39, 0.29) is 0 Å². The molecule has 22 heavy (non-hydrogen) atoms. The fourth-order valence-electron chi connectivity index (χ4n) is 3.71. The van der Waals surface area contributed by atoms with E-state index in [0.717, 1.165) is 11.5 Å². The molecule has 1 aliphatic carbocycles. The minimum absolute atomic E-state index is 0.698. The van der Waals surface area contributed by atoms with E-state index >= 15 is 0 Å². The van der Waals surface area contributed by atoms with E-state index in [4.69, 9.17) is 0 Å². The molecule has 2 rings (SSSR count). The molecule has 0 atom stereocenters. The third-order valence-corrected chi connectivity index (χ3v) is 5.14. The molecule has 0 bridgehead atoms. The van der Waals surface area contributed by atoms with Crippen molar-refractivity contribution >= 4 is 0 Å². The molecule has 1 heteroatoms. The Kier molecular flexibility index (Phi) is 7.50. The minimum atomic E-state index is 0.698. The first-order valence-corrected chi connectivity index (χ1v) is 9.05. The predicted molar refractivity (Wildman–Crippen MR) is 92.5 cm³/mol. The number of benzene rings is 1. The van der Waals surface area contributed by atoms with Gasteiger partial charge in [-0.25, -0.2) is 0 Å². The highest BCUT2D eigenvalue weighted by molar-refractivity contribution is 5.36. The smallest absolute Gasteiger partial charge is 0.111 e. The van der Waals surface area contributed by atoms with Crippen molar-refractivity contribution in [3.05, 3.63) is 35.4 Å². The van der Waals surface area contributed by atoms with Gasteiger partial charge < -0.3 is 0 Å². The van der Waals surface area contributed by atoms with Crippen molar-refractivity contribution in [1.82, 2.24) is 0 Å². The van der Waals surface area contributed by atoms with E-state index in [1.165, 1.54) is 75.9 Å². The standard InChI is InChI=1S/C21H29F/c1-2-3-4-5-6-7-18-8-12-20(13-9-18)21-14-10-19(11-15-21)16-17-22/h10-11,14-15,18,20H,2-9,12-13H2,1H3. The van der Waals surface area contributed by atoms with Gasteiger partial charge in [-0.15, -0.1) is 4.39 Å². The molecule has 0 amide bonds. The molecule has 0 spiro atoms. The molecular weight excluding hydrogens is 271 g/mol. The van der Waals surface area contributed by atoms with Gasteiger partial charge in [-0.2, -0.15) is 0 Å². The van der Waals surface area contributed by atoms with E-state index < -0.39 is 0 Å². The van der Waals surface area contributed by atoms with Crippen LogP contribution in [0.15, 0.2) is 24.3 Å². The highest BCUT2D eigenvalue weighted by Gasteiger charge is 2.21. The van der Waals surface area contributed by atoms with Crippen LogP contribution in [0.5, 0.6) is 0 Å². The number of hydrogen-bond donors (Lipinski definition) is 0. The van der Waals surface area contributed by atoms with Gasteiger partial charge in [0.05, 0.1) is 0 Å². The summed E-state index contributed by atoms with van der Waals surface area (Å²) >= 11 is 0. The zero-order valence-electron chi connectivity index (χ0n) is 13.9. The summed E-state index contributed by atoms with van der Waals surface area (Å²) in [6, 6.07) is 8.16. The lowest BCUT2D eigenvalue weighted by Crippen LogP contribution is -2.13. The summed E-state index contributed by atoms with van der Waals surface area (Å²) in [5.41, 5.74) is 2.18. The third kappa shape index (κ3) is 5.48. The molecule has 0 saturated heterocycles. The second kappa shape index (κ2) is 9.67. The summed E-state index contributed by atoms with van der Waals surface area (Å²) in [7, 11) is 0. The Morgan fingerprint density at radius 2 is 1.64 bits per heavy atom. The van der Waals surface area contributed by atoms with E-state index in [0.29, 0.717) is 5.92 Å². The molecule has 1 fully saturated rings. The minimum Gasteiger partial charge on any atom is -0.144 e. The molecule has 0 N–H and O–H groups in total. The molecule has 0 nitrogen and oxygen atoms in total. The van der Waals surface area contributed by atoms with Crippen LogP contribution in [0.1, 0.15) is 88.2 Å². The number of unbranched alkanes of at least 4 members (excludes halogenated alkanes) is 4. The molecule has 120 valence electrons. The zero-order valence-corrected chi connectivity index (χ0v) is 13.9. The van der Waals surface area contributed by atoms with Crippen LogP contribution >= 0.6 is 0 Å². The Bertz CT molecular complexity index is 469. The Morgan fingerprint density at radius 3 is 2.27 bits per heavy atom. The first-order valence-electron chi connectivity index (χ1n) is 9.05. The average Bonchev–Trinajstić information content (AvgIpc) is 2.56. The zero-order chi connectivity index (χ0) is 15.6. The van der Waals surface area contributed by atoms with Crippen LogP contribution in [-0.4, -0.2) is 0 Å². The van der Waals surface area contributed by atoms with E-state index in [1.54, 1.807) is 0 Å². The normalized spacial score (nSPS) is 21.2. The predicted octanol–water partition coefficient (Wildman–Crippen LogP) is 6.60. The summed E-state index contributed by atoms with van der Waals surface area (Å²) in [6.07, 6.45) is 15.3. The lowest BCUT2D eigenvalue weighted by Gasteiger charge is -2.29. The van der Waals surface area contributed by atoms with Crippen molar-refractivity contribution in [2.45, 2.75) is 77.0 Å². The van der Waals surface area contributed by atoms with Crippen LogP contribution < -0.4 is 0 Å². The molecule has 0 unspecified atom stereocenters. The monoisotopic (exact) mass is 300 g/mol. The van der Waals surface area contributed by atoms with Gasteiger partial charge >= 0.3 is 0 Å². The molecule has 1 aromatic carbocycles. The fraction of sp³-hybridized carbons (Fsp3) is 0.619. The van der Waals surface area contributed by atoms with E-state index in [2.05, 4.69) is 25.0 Å². The molecule has 0 aliphatic heterocycles. The first kappa shape index (κ1) is 17.1. The van der Waals surface area contributed by atoms with Crippen molar-refractivity contribution in [1.29, 1.82) is 0 Å². The number of halogens is 1. The maximum Gasteiger partial charge on any atom is 0.111 e. The summed E-state index contributed by atoms with van der Waals surface area (Å²) in [6.45, 7) is 2.28. The Morgan fingerprint density at radius 1 is 0.955 bits per heavy atom. The molecule has 0 aromatic heterocycles. The van der Waals surface area contributed by atoms with Gasteiger partial charge in [-0.3, -0.25) is 0 Å². The van der Waals surface area contributed by atoms with Gasteiger partial charge in [-0.05, 0) is 61.1 Å². The lowest BCUT2D eigenvalue weighted by molar-refractivity contribution is 0.302. The highest BCUT2D eigenvalue weighted by Crippen LogP contribution is 2.37. The van der Waals surface area contributed by atoms with Crippen LogP contribution in [0.3, 0.4) is 0 Å². The van der Waals surface area contributed by atoms with Crippen LogP contribution in [0.2, 0.25) is 0 Å². The van der Waals surface area contributed by atoms with Crippen molar-refractivity contribution in [3.63, 3.8) is 0 Å². The molecular formula is C21H29F. The molecule has 1 aromatic rings. The van der Waals surface area contributed by atoms with Crippen LogP contribution in [0.25, 0.3) is 0 Å². The first-order chi connectivity index (χ1) is 10.8. The topological polar surface area (TPSA) is 0 Å². The maximum atomic E-state index is 12.0. The number of rotatable bonds is 7. The SMILES string of the molecule is CCCCCCCC1CCC(c2ccc(C#CF)cc2)CC1. The fourth-order valence-corrected chi connectivity index (χ4v) is 3.71. The Labute approximate surface area is 135 Å². The van der Waals surface area contributed by atoms with E-state index in [9.17, 15) is 4.39 Å². The van der Waals surface area contributed by atoms with Gasteiger partial charge in [0, 0.05) is 5.56 Å². The molecule has 1 aliphatic rings. The third-order valence-electron chi connectivity index (χ3n) is 5.14. The van der Waals surface area contributed by atoms with Crippen LogP contribution in [0.4, 0.5) is 4.39 Å². The number of hydrogen-bond acceptors (Lipinski definition) is 0. The van der Waals surface area contributed by atoms with Gasteiger partial charge in [0.1, 0.15) is 6.17 Å². The van der Waals surface area contributed by atoms with Gasteiger partial charge in [0.15, 0.2) is 0 Å². The maximum absolute atomic E-state index is 12.0. The summed E-state index contributed by atoms with van der Waals surface area (Å²) in [5, 5.41) is 0. The van der Waals surface area contributed by atoms with Crippen LogP contribution in [0, 0.1) is 18.0 Å². The summed E-state index contributed by atoms with van der Waals surface area (Å²) < 4.78 is 12.0. The summed E-state index contributed by atoms with van der Waals surface area (Å²) in [5.74, 6) is 4.12. The second-order valence-corrected chi connectivity index (χ2v) is 6.76.